The molecule has 6 atom stereocenters. The summed E-state index contributed by atoms with van der Waals surface area (Å²) in [7, 11) is 0. The molecule has 0 aliphatic carbocycles. The lowest BCUT2D eigenvalue weighted by Crippen LogP contribution is -2.61. The molecule has 0 amide bonds. The smallest absolute Gasteiger partial charge is 0.335 e. The van der Waals surface area contributed by atoms with Crippen molar-refractivity contribution in [3.8, 4) is 0 Å². The van der Waals surface area contributed by atoms with Gasteiger partial charge in [0.25, 0.3) is 0 Å². The highest BCUT2D eigenvalue weighted by molar-refractivity contribution is 5.74. The first kappa shape index (κ1) is 70.7. The maximum absolute atomic E-state index is 13.1. The van der Waals surface area contributed by atoms with E-state index in [0.717, 1.165) is 109 Å². The minimum absolute atomic E-state index is 0.0143. The lowest BCUT2D eigenvalue weighted by molar-refractivity contribution is -0.301. The lowest BCUT2D eigenvalue weighted by atomic mass is 9.98. The molecule has 77 heavy (non-hydrogen) atoms. The van der Waals surface area contributed by atoms with Crippen LogP contribution in [-0.4, -0.2) is 89.2 Å². The van der Waals surface area contributed by atoms with Crippen molar-refractivity contribution >= 4 is 23.9 Å². The first-order valence-corrected chi connectivity index (χ1v) is 30.2. The quantitative estimate of drug-likeness (QED) is 0.0228. The molecule has 1 rings (SSSR count). The Morgan fingerprint density at radius 3 is 1.25 bits per heavy atom. The van der Waals surface area contributed by atoms with Gasteiger partial charge in [-0.3, -0.25) is 14.4 Å². The molecule has 0 aromatic carbocycles. The van der Waals surface area contributed by atoms with Gasteiger partial charge < -0.3 is 39.0 Å². The Hall–Kier alpha value is -4.36. The highest BCUT2D eigenvalue weighted by Crippen LogP contribution is 2.26. The molecule has 0 radical (unpaired) electrons. The van der Waals surface area contributed by atoms with Crippen LogP contribution in [0.1, 0.15) is 239 Å². The SMILES string of the molecule is CC/C=C\C/C=C\C/C=C\C/C=C\C/C=C\CCCCCC(=O)OC1C(OCC(COC(=O)CCCCCCCCCCCCCCCCC)OC(=O)CCCCC/C=C\C/C=C\C/C=C\CC)OC(C(=O)O)C(O)C1O. The summed E-state index contributed by atoms with van der Waals surface area (Å²) < 4.78 is 28.4. The summed E-state index contributed by atoms with van der Waals surface area (Å²) in [4.78, 5) is 51.1. The highest BCUT2D eigenvalue weighted by atomic mass is 16.7. The number of carboxylic acids is 1. The Morgan fingerprint density at radius 2 is 0.818 bits per heavy atom. The van der Waals surface area contributed by atoms with E-state index in [0.29, 0.717) is 19.3 Å². The number of carbonyl (C=O) groups is 4. The van der Waals surface area contributed by atoms with Gasteiger partial charge in [0.15, 0.2) is 24.6 Å². The van der Waals surface area contributed by atoms with Crippen LogP contribution in [0.3, 0.4) is 0 Å². The highest BCUT2D eigenvalue weighted by Gasteiger charge is 2.50. The number of unbranched alkanes of at least 4 members (excludes halogenated alkanes) is 20. The molecule has 1 fully saturated rings. The summed E-state index contributed by atoms with van der Waals surface area (Å²) in [5.74, 6) is -3.20. The molecule has 438 valence electrons. The van der Waals surface area contributed by atoms with Gasteiger partial charge in [-0.15, -0.1) is 0 Å². The van der Waals surface area contributed by atoms with Gasteiger partial charge in [0, 0.05) is 19.3 Å². The first-order chi connectivity index (χ1) is 37.6. The van der Waals surface area contributed by atoms with Crippen LogP contribution in [0.15, 0.2) is 97.2 Å². The monoisotopic (exact) mass is 1080 g/mol. The summed E-state index contributed by atoms with van der Waals surface area (Å²) in [6, 6.07) is 0. The Balaban J connectivity index is 2.71. The molecule has 1 heterocycles. The maximum Gasteiger partial charge on any atom is 0.335 e. The average Bonchev–Trinajstić information content (AvgIpc) is 3.42. The van der Waals surface area contributed by atoms with E-state index < -0.39 is 67.3 Å². The number of allylic oxidation sites excluding steroid dienone is 16. The van der Waals surface area contributed by atoms with Crippen molar-refractivity contribution in [2.45, 2.75) is 276 Å². The average molecular weight is 1080 g/mol. The fourth-order valence-electron chi connectivity index (χ4n) is 8.58. The summed E-state index contributed by atoms with van der Waals surface area (Å²) in [5.41, 5.74) is 0. The van der Waals surface area contributed by atoms with Crippen LogP contribution < -0.4 is 0 Å². The second-order valence-electron chi connectivity index (χ2n) is 20.2. The van der Waals surface area contributed by atoms with Crippen LogP contribution in [-0.2, 0) is 42.9 Å². The molecular weight excluding hydrogens is 973 g/mol. The van der Waals surface area contributed by atoms with Crippen LogP contribution in [0.4, 0.5) is 0 Å². The molecule has 0 spiro atoms. The largest absolute Gasteiger partial charge is 0.479 e. The van der Waals surface area contributed by atoms with Crippen LogP contribution in [0.5, 0.6) is 0 Å². The van der Waals surface area contributed by atoms with Gasteiger partial charge in [-0.2, -0.15) is 0 Å². The first-order valence-electron chi connectivity index (χ1n) is 30.2. The minimum Gasteiger partial charge on any atom is -0.479 e. The number of aliphatic hydroxyl groups excluding tert-OH is 2. The third-order valence-corrected chi connectivity index (χ3v) is 13.2. The van der Waals surface area contributed by atoms with Crippen molar-refractivity contribution in [3.05, 3.63) is 97.2 Å². The van der Waals surface area contributed by atoms with Crippen molar-refractivity contribution in [1.82, 2.24) is 0 Å². The topological polar surface area (TPSA) is 175 Å². The van der Waals surface area contributed by atoms with E-state index in [1.165, 1.54) is 70.6 Å². The van der Waals surface area contributed by atoms with Crippen molar-refractivity contribution < 1.29 is 58.2 Å². The van der Waals surface area contributed by atoms with E-state index >= 15 is 0 Å². The zero-order valence-electron chi connectivity index (χ0n) is 48.2. The number of aliphatic hydroxyl groups is 2. The van der Waals surface area contributed by atoms with Gasteiger partial charge >= 0.3 is 23.9 Å². The van der Waals surface area contributed by atoms with Gasteiger partial charge in [-0.1, -0.05) is 221 Å². The molecule has 3 N–H and O–H groups in total. The molecule has 12 nitrogen and oxygen atoms in total. The van der Waals surface area contributed by atoms with Crippen molar-refractivity contribution in [2.75, 3.05) is 13.2 Å². The van der Waals surface area contributed by atoms with Gasteiger partial charge in [0.05, 0.1) is 6.61 Å². The van der Waals surface area contributed by atoms with E-state index in [4.69, 9.17) is 23.7 Å². The fourth-order valence-corrected chi connectivity index (χ4v) is 8.58. The lowest BCUT2D eigenvalue weighted by Gasteiger charge is -2.40. The molecular formula is C65H106O12. The summed E-state index contributed by atoms with van der Waals surface area (Å²) in [6.45, 7) is 5.73. The predicted molar refractivity (Wildman–Crippen MR) is 312 cm³/mol. The van der Waals surface area contributed by atoms with Crippen molar-refractivity contribution in [2.24, 2.45) is 0 Å². The standard InChI is InChI=1S/C65H106O12/c1-4-7-10-13-16-19-22-25-27-28-29-30-32-35-38-41-44-47-50-53-59(68)76-63-61(70)60(69)62(64(71)72)77-65(63)74-55-56(75-58(67)52-49-46-43-40-37-33-24-21-18-15-12-9-6-3)54-73-57(66)51-48-45-42-39-36-34-31-26-23-20-17-14-11-8-5-2/h7,9-10,12,16,18-19,21,25,27,29-30,33,35,37-38,56,60-63,65,69-70H,4-6,8,11,13-15,17,20,22-24,26,28,31-32,34,36,39-55H2,1-3H3,(H,71,72)/b10-7-,12-9-,19-16-,21-18-,27-25-,30-29-,37-33-,38-35-. The second kappa shape index (κ2) is 52.3. The van der Waals surface area contributed by atoms with Gasteiger partial charge in [0.2, 0.25) is 0 Å². The normalized spacial score (nSPS) is 18.7. The molecule has 0 saturated carbocycles. The van der Waals surface area contributed by atoms with Crippen LogP contribution in [0, 0.1) is 0 Å². The fraction of sp³-hybridized carbons (Fsp3) is 0.692. The van der Waals surface area contributed by atoms with Gasteiger partial charge in [-0.25, -0.2) is 4.79 Å². The molecule has 6 unspecified atom stereocenters. The molecule has 1 saturated heterocycles. The Morgan fingerprint density at radius 1 is 0.442 bits per heavy atom. The Labute approximate surface area is 466 Å². The van der Waals surface area contributed by atoms with E-state index in [1.807, 2.05) is 0 Å². The number of hydrogen-bond acceptors (Lipinski definition) is 11. The molecule has 1 aliphatic rings. The van der Waals surface area contributed by atoms with Crippen molar-refractivity contribution in [1.29, 1.82) is 0 Å². The third-order valence-electron chi connectivity index (χ3n) is 13.2. The molecule has 1 aliphatic heterocycles. The Bertz CT molecular complexity index is 1710. The summed E-state index contributed by atoms with van der Waals surface area (Å²) in [6.07, 6.45) is 56.6. The minimum atomic E-state index is -1.92. The number of aliphatic carboxylic acids is 1. The van der Waals surface area contributed by atoms with E-state index in [2.05, 4.69) is 118 Å². The molecule has 0 bridgehead atoms. The summed E-state index contributed by atoms with van der Waals surface area (Å²) in [5, 5.41) is 31.5. The zero-order chi connectivity index (χ0) is 56.1. The maximum atomic E-state index is 13.1. The number of hydrogen-bond donors (Lipinski definition) is 3. The number of ether oxygens (including phenoxy) is 5. The molecule has 0 aromatic rings. The van der Waals surface area contributed by atoms with E-state index in [1.54, 1.807) is 0 Å². The number of carboxylic acid groups (broad SMARTS) is 1. The molecule has 0 aromatic heterocycles. The van der Waals surface area contributed by atoms with Crippen LogP contribution in [0.25, 0.3) is 0 Å². The molecule has 12 heteroatoms. The van der Waals surface area contributed by atoms with E-state index in [-0.39, 0.29) is 25.9 Å². The second-order valence-corrected chi connectivity index (χ2v) is 20.2. The number of rotatable bonds is 50. The van der Waals surface area contributed by atoms with E-state index in [9.17, 15) is 34.5 Å². The third kappa shape index (κ3) is 42.3. The predicted octanol–water partition coefficient (Wildman–Crippen LogP) is 15.7. The number of esters is 3. The van der Waals surface area contributed by atoms with Crippen LogP contribution in [0.2, 0.25) is 0 Å². The van der Waals surface area contributed by atoms with Crippen LogP contribution >= 0.6 is 0 Å². The Kier molecular flexibility index (Phi) is 48.0. The van der Waals surface area contributed by atoms with Gasteiger partial charge in [0.1, 0.15) is 18.8 Å². The zero-order valence-corrected chi connectivity index (χ0v) is 48.2. The number of carbonyl (C=O) groups excluding carboxylic acids is 3. The summed E-state index contributed by atoms with van der Waals surface area (Å²) >= 11 is 0. The van der Waals surface area contributed by atoms with Crippen molar-refractivity contribution in [3.63, 3.8) is 0 Å². The van der Waals surface area contributed by atoms with Gasteiger partial charge in [-0.05, 0) is 96.3 Å².